The molecule has 2 aromatic rings. The quantitative estimate of drug-likeness (QED) is 0.763. The van der Waals surface area contributed by atoms with Gasteiger partial charge in [0.25, 0.3) is 11.8 Å². The van der Waals surface area contributed by atoms with Crippen LogP contribution in [0.2, 0.25) is 0 Å². The predicted octanol–water partition coefficient (Wildman–Crippen LogP) is 3.09. The number of alkyl halides is 2. The second kappa shape index (κ2) is 5.56. The number of aromatic nitrogens is 1. The number of carbonyl (C=O) groups is 1. The Labute approximate surface area is 160 Å². The molecule has 1 aliphatic carbocycles. The fraction of sp³-hybridized carbons (Fsp3) is 0.350. The summed E-state index contributed by atoms with van der Waals surface area (Å²) >= 11 is 0. The van der Waals surface area contributed by atoms with E-state index in [-0.39, 0.29) is 23.5 Å². The predicted molar refractivity (Wildman–Crippen MR) is 98.1 cm³/mol. The molecule has 0 fully saturated rings. The molecule has 2 N–H and O–H groups in total. The van der Waals surface area contributed by atoms with Crippen LogP contribution in [0.5, 0.6) is 0 Å². The number of likely N-dealkylation sites (N-methyl/N-ethyl adjacent to an activating group) is 1. The normalized spacial score (nSPS) is 25.0. The first-order valence-electron chi connectivity index (χ1n) is 8.78. The summed E-state index contributed by atoms with van der Waals surface area (Å²) in [5.41, 5.74) is 2.87. The van der Waals surface area contributed by atoms with Gasteiger partial charge in [-0.15, -0.1) is 0 Å². The number of nitrogens with zero attached hydrogens (tertiary/aromatic N) is 3. The first-order valence-corrected chi connectivity index (χ1v) is 8.78. The van der Waals surface area contributed by atoms with Crippen LogP contribution in [-0.2, 0) is 16.8 Å². The number of hydrogen-bond acceptors (Lipinski definition) is 4. The average Bonchev–Trinajstić information content (AvgIpc) is 2.86. The third-order valence-corrected chi connectivity index (χ3v) is 5.75. The number of aliphatic imine (C=N–C) groups is 1. The highest BCUT2D eigenvalue weighted by Gasteiger charge is 2.72. The molecule has 1 aliphatic heterocycles. The molecule has 28 heavy (non-hydrogen) atoms. The minimum absolute atomic E-state index is 0.0410. The molecular formula is C20H19F3N4O. The number of hydrogen-bond donors (Lipinski definition) is 1. The Balaban J connectivity index is 2.04. The summed E-state index contributed by atoms with van der Waals surface area (Å²) in [6.07, 6.45) is 1.34. The SMILES string of the molecule is CN1C(=O)C2(N=C1N)c1cc(-c3cccnc3F)ccc1CC(C)(C)C2(F)F. The molecule has 0 saturated carbocycles. The van der Waals surface area contributed by atoms with Crippen molar-refractivity contribution in [3.8, 4) is 11.1 Å². The Hall–Kier alpha value is -2.90. The van der Waals surface area contributed by atoms with Gasteiger partial charge in [0.05, 0.1) is 0 Å². The van der Waals surface area contributed by atoms with E-state index in [9.17, 15) is 9.18 Å². The van der Waals surface area contributed by atoms with Gasteiger partial charge in [0.1, 0.15) is 0 Å². The zero-order chi connectivity index (χ0) is 20.5. The van der Waals surface area contributed by atoms with Crippen LogP contribution in [0.15, 0.2) is 41.5 Å². The van der Waals surface area contributed by atoms with Gasteiger partial charge in [-0.05, 0) is 41.3 Å². The number of halogens is 3. The minimum Gasteiger partial charge on any atom is -0.369 e. The van der Waals surface area contributed by atoms with Gasteiger partial charge in [0.2, 0.25) is 11.5 Å². The van der Waals surface area contributed by atoms with Crippen LogP contribution in [0.1, 0.15) is 25.0 Å². The third kappa shape index (κ3) is 2.11. The maximum Gasteiger partial charge on any atom is 0.291 e. The van der Waals surface area contributed by atoms with Crippen LogP contribution in [0.25, 0.3) is 11.1 Å². The number of nitrogens with two attached hydrogens (primary N) is 1. The smallest absolute Gasteiger partial charge is 0.291 e. The number of fused-ring (bicyclic) bond motifs is 2. The van der Waals surface area contributed by atoms with Crippen molar-refractivity contribution in [3.05, 3.63) is 53.6 Å². The summed E-state index contributed by atoms with van der Waals surface area (Å²) in [6.45, 7) is 2.81. The van der Waals surface area contributed by atoms with Crippen molar-refractivity contribution < 1.29 is 18.0 Å². The van der Waals surface area contributed by atoms with E-state index in [1.807, 2.05) is 0 Å². The standard InChI is InChI=1S/C20H19F3N4O/c1-18(2)10-12-7-6-11(13-5-4-8-25-15(13)21)9-14(12)19(20(18,22)23)16(28)27(3)17(24)26-19/h4-9H,10H2,1-3H3,(H2,24,26). The highest BCUT2D eigenvalue weighted by molar-refractivity contribution is 6.08. The summed E-state index contributed by atoms with van der Waals surface area (Å²) < 4.78 is 45.6. The van der Waals surface area contributed by atoms with Crippen LogP contribution < -0.4 is 5.73 Å². The molecule has 1 aromatic carbocycles. The van der Waals surface area contributed by atoms with E-state index in [4.69, 9.17) is 5.73 Å². The van der Waals surface area contributed by atoms with Gasteiger partial charge in [-0.25, -0.2) is 18.8 Å². The van der Waals surface area contributed by atoms with Gasteiger partial charge < -0.3 is 5.73 Å². The maximum absolute atomic E-state index is 15.7. The van der Waals surface area contributed by atoms with E-state index in [2.05, 4.69) is 9.98 Å². The second-order valence-electron chi connectivity index (χ2n) is 7.89. The zero-order valence-electron chi connectivity index (χ0n) is 15.6. The van der Waals surface area contributed by atoms with E-state index < -0.39 is 28.7 Å². The van der Waals surface area contributed by atoms with Crippen molar-refractivity contribution in [1.82, 2.24) is 9.88 Å². The summed E-state index contributed by atoms with van der Waals surface area (Å²) in [5.74, 6) is -5.40. The molecular weight excluding hydrogens is 369 g/mol. The van der Waals surface area contributed by atoms with Gasteiger partial charge in [-0.3, -0.25) is 9.69 Å². The minimum atomic E-state index is -3.51. The number of guanidine groups is 1. The average molecular weight is 388 g/mol. The highest BCUT2D eigenvalue weighted by atomic mass is 19.3. The molecule has 1 unspecified atom stereocenters. The summed E-state index contributed by atoms with van der Waals surface area (Å²) in [5, 5.41) is 0. The number of benzene rings is 1. The van der Waals surface area contributed by atoms with Crippen molar-refractivity contribution in [2.75, 3.05) is 7.05 Å². The zero-order valence-corrected chi connectivity index (χ0v) is 15.6. The van der Waals surface area contributed by atoms with E-state index in [0.29, 0.717) is 11.1 Å². The molecule has 0 radical (unpaired) electrons. The van der Waals surface area contributed by atoms with Crippen LogP contribution in [0.4, 0.5) is 13.2 Å². The van der Waals surface area contributed by atoms with E-state index in [0.717, 1.165) is 4.90 Å². The highest BCUT2D eigenvalue weighted by Crippen LogP contribution is 2.59. The topological polar surface area (TPSA) is 71.6 Å². The van der Waals surface area contributed by atoms with Gasteiger partial charge in [-0.2, -0.15) is 4.39 Å². The molecule has 1 aromatic heterocycles. The monoisotopic (exact) mass is 388 g/mol. The molecule has 1 atom stereocenters. The van der Waals surface area contributed by atoms with Gasteiger partial charge in [0.15, 0.2) is 5.96 Å². The summed E-state index contributed by atoms with van der Waals surface area (Å²) in [6, 6.07) is 7.75. The first kappa shape index (κ1) is 18.5. The lowest BCUT2D eigenvalue weighted by molar-refractivity contribution is -0.183. The Morgan fingerprint density at radius 3 is 2.54 bits per heavy atom. The molecule has 5 nitrogen and oxygen atoms in total. The van der Waals surface area contributed by atoms with Gasteiger partial charge in [0, 0.05) is 24.2 Å². The van der Waals surface area contributed by atoms with Gasteiger partial charge in [-0.1, -0.05) is 26.0 Å². The lowest BCUT2D eigenvalue weighted by Gasteiger charge is -2.48. The number of carbonyl (C=O) groups excluding carboxylic acids is 1. The maximum atomic E-state index is 15.7. The van der Waals surface area contributed by atoms with Crippen LogP contribution in [-0.4, -0.2) is 34.7 Å². The van der Waals surface area contributed by atoms with Gasteiger partial charge >= 0.3 is 0 Å². The first-order chi connectivity index (χ1) is 13.0. The van der Waals surface area contributed by atoms with Crippen LogP contribution in [0, 0.1) is 11.4 Å². The largest absolute Gasteiger partial charge is 0.369 e. The molecule has 1 spiro atoms. The molecule has 4 rings (SSSR count). The number of rotatable bonds is 1. The van der Waals surface area contributed by atoms with Crippen molar-refractivity contribution in [3.63, 3.8) is 0 Å². The lowest BCUT2D eigenvalue weighted by Crippen LogP contribution is -2.61. The number of pyridine rings is 1. The Morgan fingerprint density at radius 1 is 1.21 bits per heavy atom. The van der Waals surface area contributed by atoms with E-state index >= 15 is 8.78 Å². The van der Waals surface area contributed by atoms with Crippen molar-refractivity contribution in [2.24, 2.45) is 16.1 Å². The van der Waals surface area contributed by atoms with Crippen molar-refractivity contribution in [1.29, 1.82) is 0 Å². The summed E-state index contributed by atoms with van der Waals surface area (Å²) in [4.78, 5) is 21.6. The molecule has 0 saturated heterocycles. The third-order valence-electron chi connectivity index (χ3n) is 5.75. The van der Waals surface area contributed by atoms with E-state index in [1.54, 1.807) is 18.2 Å². The Bertz CT molecular complexity index is 1030. The van der Waals surface area contributed by atoms with Crippen LogP contribution >= 0.6 is 0 Å². The molecule has 1 amide bonds. The molecule has 2 heterocycles. The fourth-order valence-electron chi connectivity index (χ4n) is 4.10. The molecule has 8 heteroatoms. The van der Waals surface area contributed by atoms with Crippen molar-refractivity contribution in [2.45, 2.75) is 31.7 Å². The lowest BCUT2D eigenvalue weighted by atomic mass is 9.61. The van der Waals surface area contributed by atoms with E-state index in [1.165, 1.54) is 39.2 Å². The van der Waals surface area contributed by atoms with Crippen molar-refractivity contribution >= 4 is 11.9 Å². The molecule has 2 aliphatic rings. The fourth-order valence-corrected chi connectivity index (χ4v) is 4.10. The molecule has 0 bridgehead atoms. The Kier molecular flexibility index (Phi) is 3.67. The number of amides is 1. The summed E-state index contributed by atoms with van der Waals surface area (Å²) in [7, 11) is 1.32. The Morgan fingerprint density at radius 2 is 1.93 bits per heavy atom. The second-order valence-corrected chi connectivity index (χ2v) is 7.89. The van der Waals surface area contributed by atoms with Crippen LogP contribution in [0.3, 0.4) is 0 Å². The molecule has 146 valence electrons.